The summed E-state index contributed by atoms with van der Waals surface area (Å²) in [7, 11) is 0. The van der Waals surface area contributed by atoms with E-state index in [4.69, 9.17) is 0 Å². The molecule has 1 N–H and O–H groups in total. The number of carbonyl (C=O) groups is 1. The highest BCUT2D eigenvalue weighted by Gasteiger charge is 2.30. The first kappa shape index (κ1) is 15.3. The number of fused-ring (bicyclic) bond motifs is 1. The Labute approximate surface area is 146 Å². The van der Waals surface area contributed by atoms with Crippen LogP contribution < -0.4 is 10.2 Å². The van der Waals surface area contributed by atoms with E-state index >= 15 is 0 Å². The van der Waals surface area contributed by atoms with Crippen molar-refractivity contribution in [2.24, 2.45) is 0 Å². The Morgan fingerprint density at radius 3 is 2.68 bits per heavy atom. The third-order valence-electron chi connectivity index (χ3n) is 4.37. The van der Waals surface area contributed by atoms with E-state index in [0.717, 1.165) is 12.1 Å². The van der Waals surface area contributed by atoms with E-state index in [1.54, 1.807) is 30.6 Å². The van der Waals surface area contributed by atoms with Gasteiger partial charge in [-0.2, -0.15) is 0 Å². The molecule has 1 aliphatic rings. The van der Waals surface area contributed by atoms with Crippen molar-refractivity contribution in [1.82, 2.24) is 9.97 Å². The number of rotatable bonds is 3. The third-order valence-corrected chi connectivity index (χ3v) is 4.37. The van der Waals surface area contributed by atoms with Gasteiger partial charge in [0.05, 0.1) is 5.56 Å². The summed E-state index contributed by atoms with van der Waals surface area (Å²) in [5.41, 5.74) is 2.93. The quantitative estimate of drug-likeness (QED) is 0.793. The molecule has 4 rings (SSSR count). The van der Waals surface area contributed by atoms with Gasteiger partial charge in [0.25, 0.3) is 5.91 Å². The lowest BCUT2D eigenvalue weighted by Crippen LogP contribution is -2.28. The van der Waals surface area contributed by atoms with Crippen LogP contribution in [-0.2, 0) is 6.42 Å². The summed E-state index contributed by atoms with van der Waals surface area (Å²) >= 11 is 0. The van der Waals surface area contributed by atoms with Crippen molar-refractivity contribution >= 4 is 23.2 Å². The molecular weight excluding hydrogens is 312 g/mol. The van der Waals surface area contributed by atoms with Crippen LogP contribution in [0.2, 0.25) is 0 Å². The lowest BCUT2D eigenvalue weighted by Gasteiger charge is -2.25. The summed E-state index contributed by atoms with van der Waals surface area (Å²) in [6, 6.07) is 17.5. The number of benzene rings is 1. The maximum Gasteiger partial charge on any atom is 0.260 e. The van der Waals surface area contributed by atoms with Gasteiger partial charge in [-0.15, -0.1) is 0 Å². The molecule has 0 saturated heterocycles. The predicted molar refractivity (Wildman–Crippen MR) is 98.2 cm³/mol. The van der Waals surface area contributed by atoms with E-state index in [1.807, 2.05) is 24.3 Å². The molecule has 124 valence electrons. The van der Waals surface area contributed by atoms with E-state index in [1.165, 1.54) is 5.56 Å². The fourth-order valence-corrected chi connectivity index (χ4v) is 3.27. The molecule has 1 atom stereocenters. The zero-order valence-corrected chi connectivity index (χ0v) is 13.9. The van der Waals surface area contributed by atoms with Gasteiger partial charge in [0.15, 0.2) is 0 Å². The molecule has 0 fully saturated rings. The maximum atomic E-state index is 12.8. The van der Waals surface area contributed by atoms with Gasteiger partial charge in [-0.3, -0.25) is 4.79 Å². The number of carbonyl (C=O) groups excluding carboxylic acids is 1. The summed E-state index contributed by atoms with van der Waals surface area (Å²) in [6.45, 7) is 2.15. The number of nitrogens with zero attached hydrogens (tertiary/aromatic N) is 3. The summed E-state index contributed by atoms with van der Waals surface area (Å²) in [4.78, 5) is 23.6. The molecule has 3 aromatic rings. The molecule has 0 aliphatic carbocycles. The van der Waals surface area contributed by atoms with Crippen molar-refractivity contribution in [3.8, 4) is 0 Å². The molecule has 0 bridgehead atoms. The SMILES string of the molecule is CC1Cc2ccccc2N1c1ncccc1C(=O)Nc1ccccn1. The number of hydrogen-bond donors (Lipinski definition) is 1. The molecular formula is C20H18N4O. The van der Waals surface area contributed by atoms with Gasteiger partial charge in [-0.1, -0.05) is 24.3 Å². The van der Waals surface area contributed by atoms with Crippen LogP contribution in [0.1, 0.15) is 22.8 Å². The second-order valence-electron chi connectivity index (χ2n) is 6.10. The predicted octanol–water partition coefficient (Wildman–Crippen LogP) is 3.81. The molecule has 0 radical (unpaired) electrons. The van der Waals surface area contributed by atoms with Crippen LogP contribution in [0.25, 0.3) is 0 Å². The molecule has 0 spiro atoms. The Kier molecular flexibility index (Phi) is 3.90. The minimum Gasteiger partial charge on any atom is -0.322 e. The van der Waals surface area contributed by atoms with Crippen LogP contribution in [0.5, 0.6) is 0 Å². The fourth-order valence-electron chi connectivity index (χ4n) is 3.27. The van der Waals surface area contributed by atoms with Crippen molar-refractivity contribution < 1.29 is 4.79 Å². The molecule has 5 heteroatoms. The maximum absolute atomic E-state index is 12.8. The van der Waals surface area contributed by atoms with Gasteiger partial charge < -0.3 is 10.2 Å². The minimum absolute atomic E-state index is 0.210. The van der Waals surface area contributed by atoms with Gasteiger partial charge in [0.1, 0.15) is 11.6 Å². The van der Waals surface area contributed by atoms with Crippen molar-refractivity contribution in [3.63, 3.8) is 0 Å². The number of aromatic nitrogens is 2. The van der Waals surface area contributed by atoms with Crippen molar-refractivity contribution in [3.05, 3.63) is 78.1 Å². The number of anilines is 3. The smallest absolute Gasteiger partial charge is 0.260 e. The first-order valence-electron chi connectivity index (χ1n) is 8.28. The van der Waals surface area contributed by atoms with E-state index in [0.29, 0.717) is 17.2 Å². The van der Waals surface area contributed by atoms with Gasteiger partial charge in [0.2, 0.25) is 0 Å². The molecule has 1 aromatic carbocycles. The first-order valence-corrected chi connectivity index (χ1v) is 8.28. The summed E-state index contributed by atoms with van der Waals surface area (Å²) in [6.07, 6.45) is 4.31. The van der Waals surface area contributed by atoms with Crippen LogP contribution in [-0.4, -0.2) is 21.9 Å². The van der Waals surface area contributed by atoms with Gasteiger partial charge >= 0.3 is 0 Å². The van der Waals surface area contributed by atoms with E-state index in [2.05, 4.69) is 39.2 Å². The Balaban J connectivity index is 1.71. The summed E-state index contributed by atoms with van der Waals surface area (Å²) in [5.74, 6) is 0.990. The number of amides is 1. The standard InChI is InChI=1S/C20H18N4O/c1-14-13-15-7-2-3-9-17(15)24(14)19-16(8-6-12-22-19)20(25)23-18-10-4-5-11-21-18/h2-12,14H,13H2,1H3,(H,21,23,25). The van der Waals surface area contributed by atoms with Crippen molar-refractivity contribution in [2.75, 3.05) is 10.2 Å². The van der Waals surface area contributed by atoms with Gasteiger partial charge in [-0.25, -0.2) is 9.97 Å². The summed E-state index contributed by atoms with van der Waals surface area (Å²) in [5, 5.41) is 2.84. The molecule has 25 heavy (non-hydrogen) atoms. The highest BCUT2D eigenvalue weighted by atomic mass is 16.1. The Hall–Kier alpha value is -3.21. The van der Waals surface area contributed by atoms with Gasteiger partial charge in [-0.05, 0) is 49.2 Å². The number of hydrogen-bond acceptors (Lipinski definition) is 4. The third kappa shape index (κ3) is 2.85. The Bertz CT molecular complexity index is 910. The highest BCUT2D eigenvalue weighted by molar-refractivity contribution is 6.07. The Morgan fingerprint density at radius 2 is 1.84 bits per heavy atom. The number of para-hydroxylation sites is 1. The normalized spacial score (nSPS) is 15.7. The molecule has 5 nitrogen and oxygen atoms in total. The minimum atomic E-state index is -0.210. The lowest BCUT2D eigenvalue weighted by atomic mass is 10.1. The second-order valence-corrected chi connectivity index (χ2v) is 6.10. The molecule has 3 heterocycles. The van der Waals surface area contributed by atoms with E-state index in [-0.39, 0.29) is 11.9 Å². The summed E-state index contributed by atoms with van der Waals surface area (Å²) < 4.78 is 0. The molecule has 1 aliphatic heterocycles. The average molecular weight is 330 g/mol. The van der Waals surface area contributed by atoms with Crippen molar-refractivity contribution in [1.29, 1.82) is 0 Å². The zero-order chi connectivity index (χ0) is 17.2. The molecule has 1 amide bonds. The second kappa shape index (κ2) is 6.36. The molecule has 2 aromatic heterocycles. The lowest BCUT2D eigenvalue weighted by molar-refractivity contribution is 0.102. The number of pyridine rings is 2. The molecule has 0 saturated carbocycles. The average Bonchev–Trinajstić information content (AvgIpc) is 2.98. The van der Waals surface area contributed by atoms with Crippen LogP contribution in [0, 0.1) is 0 Å². The van der Waals surface area contributed by atoms with Crippen LogP contribution in [0.4, 0.5) is 17.3 Å². The Morgan fingerprint density at radius 1 is 1.04 bits per heavy atom. The van der Waals surface area contributed by atoms with E-state index < -0.39 is 0 Å². The van der Waals surface area contributed by atoms with Crippen LogP contribution >= 0.6 is 0 Å². The zero-order valence-electron chi connectivity index (χ0n) is 13.9. The molecule has 1 unspecified atom stereocenters. The van der Waals surface area contributed by atoms with Gasteiger partial charge in [0, 0.05) is 24.1 Å². The highest BCUT2D eigenvalue weighted by Crippen LogP contribution is 2.38. The first-order chi connectivity index (χ1) is 12.2. The van der Waals surface area contributed by atoms with Crippen LogP contribution in [0.3, 0.4) is 0 Å². The largest absolute Gasteiger partial charge is 0.322 e. The fraction of sp³-hybridized carbons (Fsp3) is 0.150. The van der Waals surface area contributed by atoms with E-state index in [9.17, 15) is 4.79 Å². The van der Waals surface area contributed by atoms with Crippen LogP contribution in [0.15, 0.2) is 67.0 Å². The number of nitrogens with one attached hydrogen (secondary N) is 1. The van der Waals surface area contributed by atoms with Crippen molar-refractivity contribution in [2.45, 2.75) is 19.4 Å². The monoisotopic (exact) mass is 330 g/mol. The topological polar surface area (TPSA) is 58.1 Å².